The first-order valence-electron chi connectivity index (χ1n) is 5.87. The standard InChI is InChI=1S/C15H12FNO3/c1-20-15-8-7-11(9-13(15)16)10-14(17(18)19)12-5-3-2-4-6-12/h2-10H,1H3. The summed E-state index contributed by atoms with van der Waals surface area (Å²) in [5.41, 5.74) is 0.780. The molecule has 2 aromatic rings. The van der Waals surface area contributed by atoms with Gasteiger partial charge in [-0.25, -0.2) is 4.39 Å². The predicted molar refractivity (Wildman–Crippen MR) is 74.3 cm³/mol. The van der Waals surface area contributed by atoms with E-state index < -0.39 is 10.7 Å². The highest BCUT2D eigenvalue weighted by molar-refractivity contribution is 5.76. The third-order valence-electron chi connectivity index (χ3n) is 2.75. The number of ether oxygens (including phenoxy) is 1. The summed E-state index contributed by atoms with van der Waals surface area (Å²) in [7, 11) is 1.36. The first kappa shape index (κ1) is 13.7. The van der Waals surface area contributed by atoms with E-state index in [1.54, 1.807) is 36.4 Å². The number of hydrogen-bond acceptors (Lipinski definition) is 3. The number of methoxy groups -OCH3 is 1. The summed E-state index contributed by atoms with van der Waals surface area (Å²) in [6.45, 7) is 0. The van der Waals surface area contributed by atoms with Crippen LogP contribution in [0.3, 0.4) is 0 Å². The minimum atomic E-state index is -0.558. The van der Waals surface area contributed by atoms with Gasteiger partial charge >= 0.3 is 0 Å². The maximum atomic E-state index is 13.6. The Kier molecular flexibility index (Phi) is 4.10. The SMILES string of the molecule is COc1ccc(C=C(c2ccccc2)[N+](=O)[O-])cc1F. The average molecular weight is 273 g/mol. The Hall–Kier alpha value is -2.69. The molecule has 0 fully saturated rings. The molecule has 0 bridgehead atoms. The van der Waals surface area contributed by atoms with Crippen LogP contribution < -0.4 is 4.74 Å². The fourth-order valence-electron chi connectivity index (χ4n) is 1.78. The molecule has 5 heteroatoms. The summed E-state index contributed by atoms with van der Waals surface area (Å²) in [4.78, 5) is 10.6. The topological polar surface area (TPSA) is 52.4 Å². The van der Waals surface area contributed by atoms with Crippen molar-refractivity contribution in [2.45, 2.75) is 0 Å². The molecule has 0 radical (unpaired) electrons. The predicted octanol–water partition coefficient (Wildman–Crippen LogP) is 3.61. The van der Waals surface area contributed by atoms with E-state index >= 15 is 0 Å². The molecule has 0 saturated heterocycles. The van der Waals surface area contributed by atoms with E-state index in [1.807, 2.05) is 0 Å². The number of hydrogen-bond donors (Lipinski definition) is 0. The lowest BCUT2D eigenvalue weighted by atomic mass is 10.1. The molecule has 0 heterocycles. The smallest absolute Gasteiger partial charge is 0.277 e. The van der Waals surface area contributed by atoms with E-state index in [9.17, 15) is 14.5 Å². The average Bonchev–Trinajstić information content (AvgIpc) is 2.45. The van der Waals surface area contributed by atoms with Gasteiger partial charge in [0.1, 0.15) is 0 Å². The summed E-state index contributed by atoms with van der Waals surface area (Å²) in [6.07, 6.45) is 1.33. The van der Waals surface area contributed by atoms with Crippen molar-refractivity contribution < 1.29 is 14.1 Å². The molecule has 0 amide bonds. The molecule has 0 aliphatic rings. The van der Waals surface area contributed by atoms with Gasteiger partial charge in [-0.1, -0.05) is 24.3 Å². The Morgan fingerprint density at radius 1 is 1.25 bits per heavy atom. The second kappa shape index (κ2) is 5.97. The van der Waals surface area contributed by atoms with Crippen LogP contribution >= 0.6 is 0 Å². The Labute approximate surface area is 115 Å². The summed E-state index contributed by atoms with van der Waals surface area (Å²) in [5.74, 6) is -0.457. The third kappa shape index (κ3) is 3.00. The van der Waals surface area contributed by atoms with E-state index in [0.29, 0.717) is 11.1 Å². The van der Waals surface area contributed by atoms with Crippen molar-refractivity contribution in [1.82, 2.24) is 0 Å². The van der Waals surface area contributed by atoms with Crippen molar-refractivity contribution in [2.24, 2.45) is 0 Å². The van der Waals surface area contributed by atoms with Crippen LogP contribution in [0.4, 0.5) is 4.39 Å². The molecular weight excluding hydrogens is 261 g/mol. The maximum Gasteiger partial charge on any atom is 0.277 e. The first-order chi connectivity index (χ1) is 9.61. The fourth-order valence-corrected chi connectivity index (χ4v) is 1.78. The van der Waals surface area contributed by atoms with Crippen molar-refractivity contribution in [3.8, 4) is 5.75 Å². The summed E-state index contributed by atoms with van der Waals surface area (Å²) >= 11 is 0. The van der Waals surface area contributed by atoms with Crippen LogP contribution in [-0.4, -0.2) is 12.0 Å². The van der Waals surface area contributed by atoms with Gasteiger partial charge in [0.05, 0.1) is 17.6 Å². The number of benzene rings is 2. The van der Waals surface area contributed by atoms with Crippen LogP contribution in [0.15, 0.2) is 48.5 Å². The Bertz CT molecular complexity index is 653. The van der Waals surface area contributed by atoms with Gasteiger partial charge in [-0.3, -0.25) is 10.1 Å². The normalized spacial score (nSPS) is 11.2. The molecule has 0 atom stereocenters. The minimum absolute atomic E-state index is 0.0878. The summed E-state index contributed by atoms with van der Waals surface area (Å²) in [6, 6.07) is 12.7. The number of halogens is 1. The lowest BCUT2D eigenvalue weighted by Crippen LogP contribution is -1.98. The van der Waals surface area contributed by atoms with Gasteiger partial charge in [0.15, 0.2) is 11.6 Å². The fraction of sp³-hybridized carbons (Fsp3) is 0.0667. The van der Waals surface area contributed by atoms with Crippen LogP contribution in [0, 0.1) is 15.9 Å². The van der Waals surface area contributed by atoms with Gasteiger partial charge in [-0.15, -0.1) is 0 Å². The van der Waals surface area contributed by atoms with Crippen LogP contribution in [0.2, 0.25) is 0 Å². The van der Waals surface area contributed by atoms with Crippen molar-refractivity contribution in [2.75, 3.05) is 7.11 Å². The van der Waals surface area contributed by atoms with Gasteiger partial charge in [0, 0.05) is 6.08 Å². The summed E-state index contributed by atoms with van der Waals surface area (Å²) in [5, 5.41) is 11.1. The lowest BCUT2D eigenvalue weighted by molar-refractivity contribution is -0.374. The summed E-state index contributed by atoms with van der Waals surface area (Å²) < 4.78 is 18.4. The molecule has 0 saturated carbocycles. The zero-order valence-electron chi connectivity index (χ0n) is 10.7. The Balaban J connectivity index is 2.45. The molecule has 2 rings (SSSR count). The molecule has 102 valence electrons. The van der Waals surface area contributed by atoms with Gasteiger partial charge in [0.2, 0.25) is 0 Å². The van der Waals surface area contributed by atoms with E-state index in [2.05, 4.69) is 0 Å². The molecule has 0 aliphatic heterocycles. The maximum absolute atomic E-state index is 13.6. The third-order valence-corrected chi connectivity index (χ3v) is 2.75. The van der Waals surface area contributed by atoms with Gasteiger partial charge in [0.25, 0.3) is 5.70 Å². The molecule has 0 aromatic heterocycles. The molecule has 2 aromatic carbocycles. The van der Waals surface area contributed by atoms with Crippen molar-refractivity contribution in [3.05, 3.63) is 75.6 Å². The molecule has 0 unspecified atom stereocenters. The largest absolute Gasteiger partial charge is 0.494 e. The van der Waals surface area contributed by atoms with Crippen LogP contribution in [-0.2, 0) is 0 Å². The van der Waals surface area contributed by atoms with Crippen molar-refractivity contribution in [1.29, 1.82) is 0 Å². The zero-order valence-corrected chi connectivity index (χ0v) is 10.7. The second-order valence-electron chi connectivity index (χ2n) is 4.05. The minimum Gasteiger partial charge on any atom is -0.494 e. The molecule has 0 spiro atoms. The van der Waals surface area contributed by atoms with Crippen LogP contribution in [0.1, 0.15) is 11.1 Å². The number of nitro groups is 1. The van der Waals surface area contributed by atoms with Gasteiger partial charge in [-0.2, -0.15) is 0 Å². The quantitative estimate of drug-likeness (QED) is 0.486. The van der Waals surface area contributed by atoms with E-state index in [1.165, 1.54) is 25.3 Å². The van der Waals surface area contributed by atoms with Gasteiger partial charge < -0.3 is 4.74 Å². The first-order valence-corrected chi connectivity index (χ1v) is 5.87. The monoisotopic (exact) mass is 273 g/mol. The Morgan fingerprint density at radius 2 is 1.95 bits per heavy atom. The Morgan fingerprint density at radius 3 is 2.50 bits per heavy atom. The highest BCUT2D eigenvalue weighted by Crippen LogP contribution is 2.22. The van der Waals surface area contributed by atoms with Gasteiger partial charge in [-0.05, 0) is 29.8 Å². The van der Waals surface area contributed by atoms with E-state index in [0.717, 1.165) is 0 Å². The lowest BCUT2D eigenvalue weighted by Gasteiger charge is -2.03. The van der Waals surface area contributed by atoms with Crippen molar-refractivity contribution in [3.63, 3.8) is 0 Å². The molecule has 0 N–H and O–H groups in total. The molecule has 4 nitrogen and oxygen atoms in total. The van der Waals surface area contributed by atoms with Crippen LogP contribution in [0.5, 0.6) is 5.75 Å². The second-order valence-corrected chi connectivity index (χ2v) is 4.05. The molecule has 20 heavy (non-hydrogen) atoms. The molecular formula is C15H12FNO3. The zero-order chi connectivity index (χ0) is 14.5. The van der Waals surface area contributed by atoms with E-state index in [4.69, 9.17) is 4.74 Å². The van der Waals surface area contributed by atoms with Crippen molar-refractivity contribution >= 4 is 11.8 Å². The van der Waals surface area contributed by atoms with E-state index in [-0.39, 0.29) is 11.4 Å². The highest BCUT2D eigenvalue weighted by atomic mass is 19.1. The number of rotatable bonds is 4. The highest BCUT2D eigenvalue weighted by Gasteiger charge is 2.14. The van der Waals surface area contributed by atoms with Crippen LogP contribution in [0.25, 0.3) is 11.8 Å². The number of nitrogens with zero attached hydrogens (tertiary/aromatic N) is 1. The molecule has 0 aliphatic carbocycles.